The van der Waals surface area contributed by atoms with Crippen LogP contribution in [0.15, 0.2) is 27.1 Å². The maximum Gasteiger partial charge on any atom is 0.303 e. The summed E-state index contributed by atoms with van der Waals surface area (Å²) in [4.78, 5) is 10.8. The number of hydrogen-bond acceptors (Lipinski definition) is 4. The van der Waals surface area contributed by atoms with E-state index in [-0.39, 0.29) is 6.42 Å². The summed E-state index contributed by atoms with van der Waals surface area (Å²) in [6.45, 7) is 3.69. The molecule has 0 spiro atoms. The highest BCUT2D eigenvalue weighted by Gasteiger charge is 2.25. The highest BCUT2D eigenvalue weighted by Crippen LogP contribution is 2.31. The first-order valence-electron chi connectivity index (χ1n) is 6.26. The van der Waals surface area contributed by atoms with Crippen molar-refractivity contribution in [3.63, 3.8) is 0 Å². The van der Waals surface area contributed by atoms with Gasteiger partial charge < -0.3 is 9.52 Å². The Labute approximate surface area is 135 Å². The van der Waals surface area contributed by atoms with E-state index < -0.39 is 11.4 Å². The van der Waals surface area contributed by atoms with Crippen molar-refractivity contribution in [2.75, 3.05) is 0 Å². The fourth-order valence-electron chi connectivity index (χ4n) is 1.98. The summed E-state index contributed by atoms with van der Waals surface area (Å²) in [7, 11) is 0. The lowest BCUT2D eigenvalue weighted by molar-refractivity contribution is -0.139. The van der Waals surface area contributed by atoms with Gasteiger partial charge in [0.2, 0.25) is 11.8 Å². The van der Waals surface area contributed by atoms with E-state index in [9.17, 15) is 4.79 Å². The zero-order chi connectivity index (χ0) is 15.6. The molecule has 0 aliphatic heterocycles. The van der Waals surface area contributed by atoms with E-state index in [1.54, 1.807) is 12.1 Å². The van der Waals surface area contributed by atoms with E-state index in [4.69, 9.17) is 21.1 Å². The molecule has 0 saturated carbocycles. The van der Waals surface area contributed by atoms with Crippen LogP contribution in [-0.2, 0) is 11.2 Å². The number of rotatable bonds is 5. The molecule has 0 radical (unpaired) electrons. The summed E-state index contributed by atoms with van der Waals surface area (Å²) >= 11 is 9.47. The zero-order valence-corrected chi connectivity index (χ0v) is 13.9. The summed E-state index contributed by atoms with van der Waals surface area (Å²) in [6, 6.07) is 5.36. The van der Waals surface area contributed by atoms with E-state index >= 15 is 0 Å². The number of nitrogens with zero attached hydrogens (tertiary/aromatic N) is 2. The van der Waals surface area contributed by atoms with Gasteiger partial charge >= 0.3 is 5.97 Å². The quantitative estimate of drug-likeness (QED) is 0.850. The van der Waals surface area contributed by atoms with Crippen molar-refractivity contribution >= 4 is 33.5 Å². The zero-order valence-electron chi connectivity index (χ0n) is 11.6. The highest BCUT2D eigenvalue weighted by molar-refractivity contribution is 9.10. The Bertz CT molecular complexity index is 670. The van der Waals surface area contributed by atoms with Gasteiger partial charge in [0.1, 0.15) is 0 Å². The topological polar surface area (TPSA) is 76.2 Å². The Kier molecular flexibility index (Phi) is 4.68. The van der Waals surface area contributed by atoms with Crippen LogP contribution in [0.2, 0.25) is 5.02 Å². The van der Waals surface area contributed by atoms with Crippen LogP contribution in [0.25, 0.3) is 11.5 Å². The lowest BCUT2D eigenvalue weighted by Crippen LogP contribution is -2.19. The molecule has 0 aliphatic rings. The van der Waals surface area contributed by atoms with Gasteiger partial charge in [-0.2, -0.15) is 0 Å². The fraction of sp³-hybridized carbons (Fsp3) is 0.357. The molecule has 7 heteroatoms. The number of halogens is 2. The van der Waals surface area contributed by atoms with Crippen molar-refractivity contribution in [3.05, 3.63) is 33.6 Å². The summed E-state index contributed by atoms with van der Waals surface area (Å²) in [5.74, 6) is -0.125. The molecule has 0 bridgehead atoms. The van der Waals surface area contributed by atoms with Gasteiger partial charge in [-0.05, 0) is 23.6 Å². The van der Waals surface area contributed by atoms with Crippen molar-refractivity contribution in [2.24, 2.45) is 5.41 Å². The first-order valence-corrected chi connectivity index (χ1v) is 7.43. The minimum atomic E-state index is -0.851. The smallest absolute Gasteiger partial charge is 0.303 e. The third-order valence-electron chi connectivity index (χ3n) is 2.89. The molecule has 1 aromatic heterocycles. The molecule has 1 N–H and O–H groups in total. The Hall–Kier alpha value is -1.40. The van der Waals surface area contributed by atoms with Crippen molar-refractivity contribution in [1.82, 2.24) is 10.2 Å². The summed E-state index contributed by atoms with van der Waals surface area (Å²) < 4.78 is 6.45. The highest BCUT2D eigenvalue weighted by atomic mass is 79.9. The third kappa shape index (κ3) is 4.28. The van der Waals surface area contributed by atoms with Gasteiger partial charge in [-0.25, -0.2) is 0 Å². The average molecular weight is 374 g/mol. The van der Waals surface area contributed by atoms with Crippen LogP contribution in [0.1, 0.15) is 26.2 Å². The second kappa shape index (κ2) is 6.15. The van der Waals surface area contributed by atoms with Crippen LogP contribution in [0.4, 0.5) is 0 Å². The average Bonchev–Trinajstić information content (AvgIpc) is 2.74. The van der Waals surface area contributed by atoms with Gasteiger partial charge in [-0.15, -0.1) is 10.2 Å². The summed E-state index contributed by atoms with van der Waals surface area (Å²) in [5, 5.41) is 17.3. The number of carboxylic acid groups (broad SMARTS) is 1. The molecule has 0 amide bonds. The third-order valence-corrected chi connectivity index (χ3v) is 3.69. The molecular formula is C14H14BrClN2O3. The molecule has 2 aromatic rings. The minimum absolute atomic E-state index is 0.0315. The van der Waals surface area contributed by atoms with Crippen molar-refractivity contribution in [1.29, 1.82) is 0 Å². The second-order valence-electron chi connectivity index (χ2n) is 5.54. The normalized spacial score (nSPS) is 11.6. The van der Waals surface area contributed by atoms with E-state index in [1.165, 1.54) is 0 Å². The number of carbonyl (C=O) groups is 1. The number of hydrogen-bond donors (Lipinski definition) is 1. The van der Waals surface area contributed by atoms with Crippen molar-refractivity contribution in [2.45, 2.75) is 26.7 Å². The molecule has 5 nitrogen and oxygen atoms in total. The lowest BCUT2D eigenvalue weighted by Gasteiger charge is -2.19. The second-order valence-corrected chi connectivity index (χ2v) is 6.86. The number of aliphatic carboxylic acids is 1. The monoisotopic (exact) mass is 372 g/mol. The van der Waals surface area contributed by atoms with E-state index in [1.807, 2.05) is 19.9 Å². The number of aromatic nitrogens is 2. The van der Waals surface area contributed by atoms with E-state index in [0.29, 0.717) is 28.8 Å². The summed E-state index contributed by atoms with van der Waals surface area (Å²) in [6.07, 6.45) is 0.421. The van der Waals surface area contributed by atoms with Crippen LogP contribution in [0.5, 0.6) is 0 Å². The van der Waals surface area contributed by atoms with Gasteiger partial charge in [0.05, 0.1) is 17.0 Å². The molecular weight excluding hydrogens is 360 g/mol. The molecule has 0 aliphatic carbocycles. The van der Waals surface area contributed by atoms with Gasteiger partial charge in [0.15, 0.2) is 0 Å². The lowest BCUT2D eigenvalue weighted by atomic mass is 9.86. The fourth-order valence-corrected chi connectivity index (χ4v) is 2.73. The van der Waals surface area contributed by atoms with Gasteiger partial charge in [-0.3, -0.25) is 4.79 Å². The molecule has 2 rings (SSSR count). The minimum Gasteiger partial charge on any atom is -0.481 e. The number of benzene rings is 1. The van der Waals surface area contributed by atoms with Gasteiger partial charge in [0.25, 0.3) is 0 Å². The largest absolute Gasteiger partial charge is 0.481 e. The SMILES string of the molecule is CC(C)(CC(=O)O)Cc1nnc(-c2ccc(Br)cc2Cl)o1. The first kappa shape index (κ1) is 16.0. The molecule has 0 fully saturated rings. The first-order chi connectivity index (χ1) is 9.77. The molecule has 0 atom stereocenters. The Morgan fingerprint density at radius 1 is 1.43 bits per heavy atom. The van der Waals surface area contributed by atoms with Crippen LogP contribution in [0.3, 0.4) is 0 Å². The molecule has 1 heterocycles. The molecule has 21 heavy (non-hydrogen) atoms. The summed E-state index contributed by atoms with van der Waals surface area (Å²) in [5.41, 5.74) is 0.189. The van der Waals surface area contributed by atoms with E-state index in [0.717, 1.165) is 4.47 Å². The van der Waals surface area contributed by atoms with Crippen LogP contribution < -0.4 is 0 Å². The van der Waals surface area contributed by atoms with Crippen molar-refractivity contribution in [3.8, 4) is 11.5 Å². The van der Waals surface area contributed by atoms with Crippen LogP contribution >= 0.6 is 27.5 Å². The predicted octanol–water partition coefficient (Wildman–Crippen LogP) is 4.20. The van der Waals surface area contributed by atoms with Crippen LogP contribution in [0, 0.1) is 5.41 Å². The Morgan fingerprint density at radius 2 is 2.14 bits per heavy atom. The van der Waals surface area contributed by atoms with Crippen molar-refractivity contribution < 1.29 is 14.3 Å². The predicted molar refractivity (Wildman–Crippen MR) is 82.2 cm³/mol. The number of carboxylic acids is 1. The molecule has 112 valence electrons. The molecule has 0 unspecified atom stereocenters. The van der Waals surface area contributed by atoms with Gasteiger partial charge in [-0.1, -0.05) is 41.4 Å². The van der Waals surface area contributed by atoms with Crippen LogP contribution in [-0.4, -0.2) is 21.3 Å². The Morgan fingerprint density at radius 3 is 2.76 bits per heavy atom. The Balaban J connectivity index is 2.20. The maximum atomic E-state index is 10.8. The molecule has 0 saturated heterocycles. The standard InChI is InChI=1S/C14H14BrClN2O3/c1-14(2,7-12(19)20)6-11-17-18-13(21-11)9-4-3-8(15)5-10(9)16/h3-5H,6-7H2,1-2H3,(H,19,20). The van der Waals surface area contributed by atoms with Gasteiger partial charge in [0, 0.05) is 10.9 Å². The maximum absolute atomic E-state index is 10.8. The molecule has 1 aromatic carbocycles. The van der Waals surface area contributed by atoms with E-state index in [2.05, 4.69) is 26.1 Å².